The van der Waals surface area contributed by atoms with E-state index >= 15 is 0 Å². The predicted molar refractivity (Wildman–Crippen MR) is 62.9 cm³/mol. The molecule has 16 heavy (non-hydrogen) atoms. The average Bonchev–Trinajstić information content (AvgIpc) is 2.25. The summed E-state index contributed by atoms with van der Waals surface area (Å²) in [5.74, 6) is 0.0196. The Kier molecular flexibility index (Phi) is 4.33. The number of hydrogen-bond donors (Lipinski definition) is 1. The summed E-state index contributed by atoms with van der Waals surface area (Å²) in [5, 5.41) is 2.78. The fraction of sp³-hybridized carbons (Fsp3) is 0.833. The molecular weight excluding hydrogens is 204 g/mol. The first-order chi connectivity index (χ1) is 7.53. The van der Waals surface area contributed by atoms with Crippen LogP contribution < -0.4 is 5.32 Å². The molecule has 92 valence electrons. The minimum Gasteiger partial charge on any atom is -0.340 e. The van der Waals surface area contributed by atoms with Crippen molar-refractivity contribution in [3.05, 3.63) is 0 Å². The van der Waals surface area contributed by atoms with E-state index in [-0.39, 0.29) is 18.4 Å². The summed E-state index contributed by atoms with van der Waals surface area (Å²) in [6.07, 6.45) is 3.85. The molecule has 1 rings (SSSR count). The summed E-state index contributed by atoms with van der Waals surface area (Å²) in [6.45, 7) is 6.78. The van der Waals surface area contributed by atoms with Gasteiger partial charge in [0, 0.05) is 6.54 Å². The fourth-order valence-electron chi connectivity index (χ4n) is 1.97. The van der Waals surface area contributed by atoms with Crippen molar-refractivity contribution in [2.24, 2.45) is 0 Å². The van der Waals surface area contributed by atoms with Gasteiger partial charge in [0.15, 0.2) is 0 Å². The van der Waals surface area contributed by atoms with Crippen LogP contribution in [0.25, 0.3) is 0 Å². The lowest BCUT2D eigenvalue weighted by atomic mass is 9.94. The van der Waals surface area contributed by atoms with Gasteiger partial charge in [-0.2, -0.15) is 0 Å². The molecule has 4 heteroatoms. The van der Waals surface area contributed by atoms with Crippen molar-refractivity contribution in [1.82, 2.24) is 10.2 Å². The first-order valence-electron chi connectivity index (χ1n) is 6.14. The molecule has 4 nitrogen and oxygen atoms in total. The van der Waals surface area contributed by atoms with Crippen LogP contribution in [0.2, 0.25) is 0 Å². The zero-order valence-corrected chi connectivity index (χ0v) is 10.5. The number of hydrogen-bond acceptors (Lipinski definition) is 2. The monoisotopic (exact) mass is 226 g/mol. The molecule has 1 atom stereocenters. The Morgan fingerprint density at radius 1 is 1.31 bits per heavy atom. The summed E-state index contributed by atoms with van der Waals surface area (Å²) in [6, 6.07) is 0. The van der Waals surface area contributed by atoms with E-state index in [1.54, 1.807) is 11.8 Å². The van der Waals surface area contributed by atoms with Crippen molar-refractivity contribution in [3.63, 3.8) is 0 Å². The van der Waals surface area contributed by atoms with E-state index in [2.05, 4.69) is 12.2 Å². The highest BCUT2D eigenvalue weighted by Crippen LogP contribution is 2.18. The molecule has 1 fully saturated rings. The van der Waals surface area contributed by atoms with Crippen LogP contribution in [0.5, 0.6) is 0 Å². The molecule has 1 unspecified atom stereocenters. The average molecular weight is 226 g/mol. The van der Waals surface area contributed by atoms with Crippen molar-refractivity contribution >= 4 is 11.8 Å². The minimum absolute atomic E-state index is 0.0413. The third-order valence-electron chi connectivity index (χ3n) is 3.25. The molecule has 0 aromatic heterocycles. The second kappa shape index (κ2) is 5.32. The molecule has 2 amide bonds. The zero-order chi connectivity index (χ0) is 12.2. The number of piperazine rings is 1. The molecule has 1 saturated heterocycles. The Bertz CT molecular complexity index is 278. The summed E-state index contributed by atoms with van der Waals surface area (Å²) >= 11 is 0. The van der Waals surface area contributed by atoms with Crippen molar-refractivity contribution in [2.45, 2.75) is 52.0 Å². The lowest BCUT2D eigenvalue weighted by Crippen LogP contribution is -2.65. The molecular formula is C12H22N2O2. The van der Waals surface area contributed by atoms with Crippen LogP contribution in [-0.2, 0) is 9.59 Å². The van der Waals surface area contributed by atoms with Crippen LogP contribution in [0.1, 0.15) is 46.5 Å². The van der Waals surface area contributed by atoms with Gasteiger partial charge in [0.2, 0.25) is 11.8 Å². The maximum Gasteiger partial charge on any atom is 0.248 e. The van der Waals surface area contributed by atoms with Gasteiger partial charge in [0.05, 0.1) is 6.54 Å². The molecule has 0 spiro atoms. The van der Waals surface area contributed by atoms with Gasteiger partial charge in [0.1, 0.15) is 5.54 Å². The van der Waals surface area contributed by atoms with Gasteiger partial charge in [-0.15, -0.1) is 0 Å². The SMILES string of the molecule is CCCCCN1CC(=O)NC(C)(CC)C1=O. The number of carbonyl (C=O) groups is 2. The Morgan fingerprint density at radius 3 is 2.56 bits per heavy atom. The number of unbranched alkanes of at least 4 members (excludes halogenated alkanes) is 2. The molecule has 0 aromatic rings. The van der Waals surface area contributed by atoms with Gasteiger partial charge in [-0.05, 0) is 19.8 Å². The quantitative estimate of drug-likeness (QED) is 0.718. The molecule has 0 radical (unpaired) electrons. The molecule has 0 saturated carbocycles. The first kappa shape index (κ1) is 13.0. The summed E-state index contributed by atoms with van der Waals surface area (Å²) in [4.78, 5) is 25.3. The largest absolute Gasteiger partial charge is 0.340 e. The molecule has 1 aliphatic heterocycles. The van der Waals surface area contributed by atoms with Gasteiger partial charge >= 0.3 is 0 Å². The van der Waals surface area contributed by atoms with Crippen LogP contribution in [0.4, 0.5) is 0 Å². The lowest BCUT2D eigenvalue weighted by Gasteiger charge is -2.39. The number of nitrogens with zero attached hydrogens (tertiary/aromatic N) is 1. The Morgan fingerprint density at radius 2 is 2.00 bits per heavy atom. The maximum absolute atomic E-state index is 12.1. The van der Waals surface area contributed by atoms with Crippen molar-refractivity contribution in [1.29, 1.82) is 0 Å². The van der Waals surface area contributed by atoms with Gasteiger partial charge in [0.25, 0.3) is 0 Å². The van der Waals surface area contributed by atoms with E-state index in [9.17, 15) is 9.59 Å². The van der Waals surface area contributed by atoms with Crippen molar-refractivity contribution in [2.75, 3.05) is 13.1 Å². The molecule has 0 bridgehead atoms. The van der Waals surface area contributed by atoms with Gasteiger partial charge in [-0.3, -0.25) is 9.59 Å². The fourth-order valence-corrected chi connectivity index (χ4v) is 1.97. The standard InChI is InChI=1S/C12H22N2O2/c1-4-6-7-8-14-9-10(15)13-12(3,5-2)11(14)16/h4-9H2,1-3H3,(H,13,15). The first-order valence-corrected chi connectivity index (χ1v) is 6.14. The van der Waals surface area contributed by atoms with Crippen LogP contribution in [-0.4, -0.2) is 35.3 Å². The number of nitrogens with one attached hydrogen (secondary N) is 1. The van der Waals surface area contributed by atoms with E-state index in [4.69, 9.17) is 0 Å². The molecule has 0 aliphatic carbocycles. The van der Waals surface area contributed by atoms with Gasteiger partial charge in [-0.25, -0.2) is 0 Å². The normalized spacial score (nSPS) is 25.8. The zero-order valence-electron chi connectivity index (χ0n) is 10.5. The number of amides is 2. The van der Waals surface area contributed by atoms with E-state index in [1.807, 2.05) is 6.92 Å². The van der Waals surface area contributed by atoms with Crippen LogP contribution in [0.3, 0.4) is 0 Å². The highest BCUT2D eigenvalue weighted by Gasteiger charge is 2.40. The maximum atomic E-state index is 12.1. The number of carbonyl (C=O) groups excluding carboxylic acids is 2. The lowest BCUT2D eigenvalue weighted by molar-refractivity contribution is -0.149. The highest BCUT2D eigenvalue weighted by atomic mass is 16.2. The summed E-state index contributed by atoms with van der Waals surface area (Å²) in [5.41, 5.74) is -0.693. The van der Waals surface area contributed by atoms with Crippen LogP contribution >= 0.6 is 0 Å². The van der Waals surface area contributed by atoms with Crippen molar-refractivity contribution in [3.8, 4) is 0 Å². The smallest absolute Gasteiger partial charge is 0.248 e. The highest BCUT2D eigenvalue weighted by molar-refractivity contribution is 5.97. The molecule has 1 N–H and O–H groups in total. The van der Waals surface area contributed by atoms with Gasteiger partial charge < -0.3 is 10.2 Å². The van der Waals surface area contributed by atoms with E-state index in [1.165, 1.54) is 0 Å². The van der Waals surface area contributed by atoms with Crippen molar-refractivity contribution < 1.29 is 9.59 Å². The summed E-state index contributed by atoms with van der Waals surface area (Å²) < 4.78 is 0. The van der Waals surface area contributed by atoms with E-state index in [0.29, 0.717) is 13.0 Å². The molecule has 1 heterocycles. The van der Waals surface area contributed by atoms with E-state index < -0.39 is 5.54 Å². The molecule has 0 aromatic carbocycles. The second-order valence-corrected chi connectivity index (χ2v) is 4.67. The number of rotatable bonds is 5. The Balaban J connectivity index is 2.63. The topological polar surface area (TPSA) is 49.4 Å². The van der Waals surface area contributed by atoms with E-state index in [0.717, 1.165) is 19.3 Å². The third kappa shape index (κ3) is 2.74. The van der Waals surface area contributed by atoms with Crippen LogP contribution in [0.15, 0.2) is 0 Å². The van der Waals surface area contributed by atoms with Crippen LogP contribution in [0, 0.1) is 0 Å². The minimum atomic E-state index is -0.693. The summed E-state index contributed by atoms with van der Waals surface area (Å²) in [7, 11) is 0. The second-order valence-electron chi connectivity index (χ2n) is 4.67. The molecule has 1 aliphatic rings. The Hall–Kier alpha value is -1.06. The van der Waals surface area contributed by atoms with Gasteiger partial charge in [-0.1, -0.05) is 26.7 Å². The Labute approximate surface area is 97.4 Å². The third-order valence-corrected chi connectivity index (χ3v) is 3.25. The predicted octanol–water partition coefficient (Wildman–Crippen LogP) is 1.30.